The van der Waals surface area contributed by atoms with E-state index in [2.05, 4.69) is 81.3 Å². The van der Waals surface area contributed by atoms with Gasteiger partial charge in [-0.1, -0.05) is 185 Å². The zero-order valence-corrected chi connectivity index (χ0v) is 37.6. The number of rotatable bonds is 39. The van der Waals surface area contributed by atoms with Gasteiger partial charge >= 0.3 is 0 Å². The Bertz CT molecular complexity index is 887. The molecule has 3 nitrogen and oxygen atoms in total. The van der Waals surface area contributed by atoms with E-state index in [9.17, 15) is 0 Å². The molecule has 0 aromatic rings. The molecule has 0 amide bonds. The first-order valence-corrected chi connectivity index (χ1v) is 24.8. The van der Waals surface area contributed by atoms with Crippen molar-refractivity contribution in [1.29, 1.82) is 0 Å². The quantitative estimate of drug-likeness (QED) is 0.0459. The molecular formula is C52H95NO2. The SMILES string of the molecule is CCCCC/C=C\C/C=C\CCCCCCCCC1(CCCCCCCC/C=C\C/C=C\CCCCC)O[C@H]2CC(N(C)CCCCCCCCC)C[C@H]2O1. The van der Waals surface area contributed by atoms with Crippen LogP contribution in [0.3, 0.4) is 0 Å². The number of fused-ring (bicyclic) bond motifs is 1. The van der Waals surface area contributed by atoms with Gasteiger partial charge in [-0.2, -0.15) is 0 Å². The van der Waals surface area contributed by atoms with E-state index in [1.807, 2.05) is 0 Å². The Balaban J connectivity index is 1.65. The molecule has 1 aliphatic heterocycles. The van der Waals surface area contributed by atoms with Crippen molar-refractivity contribution < 1.29 is 9.47 Å². The Morgan fingerprint density at radius 2 is 0.745 bits per heavy atom. The van der Waals surface area contributed by atoms with E-state index in [4.69, 9.17) is 9.47 Å². The van der Waals surface area contributed by atoms with Crippen LogP contribution in [0, 0.1) is 0 Å². The van der Waals surface area contributed by atoms with Gasteiger partial charge in [0.2, 0.25) is 0 Å². The maximum atomic E-state index is 7.01. The molecule has 2 rings (SSSR count). The van der Waals surface area contributed by atoms with E-state index < -0.39 is 0 Å². The Labute approximate surface area is 345 Å². The van der Waals surface area contributed by atoms with Crippen LogP contribution >= 0.6 is 0 Å². The molecule has 0 radical (unpaired) electrons. The average molecular weight is 766 g/mol. The van der Waals surface area contributed by atoms with Crippen molar-refractivity contribution in [2.24, 2.45) is 0 Å². The zero-order chi connectivity index (χ0) is 39.3. The summed E-state index contributed by atoms with van der Waals surface area (Å²) in [5.41, 5.74) is 0. The van der Waals surface area contributed by atoms with Gasteiger partial charge in [-0.3, -0.25) is 0 Å². The lowest BCUT2D eigenvalue weighted by atomic mass is 9.98. The predicted octanol–water partition coefficient (Wildman–Crippen LogP) is 16.7. The number of nitrogens with zero attached hydrogens (tertiary/aromatic N) is 1. The van der Waals surface area contributed by atoms with Gasteiger partial charge in [-0.15, -0.1) is 0 Å². The van der Waals surface area contributed by atoms with Crippen molar-refractivity contribution >= 4 is 0 Å². The third-order valence-corrected chi connectivity index (χ3v) is 12.4. The topological polar surface area (TPSA) is 21.7 Å². The molecule has 3 heteroatoms. The van der Waals surface area contributed by atoms with Crippen molar-refractivity contribution in [2.45, 2.75) is 270 Å². The van der Waals surface area contributed by atoms with Crippen LogP contribution in [0.25, 0.3) is 0 Å². The van der Waals surface area contributed by atoms with Crippen molar-refractivity contribution in [3.05, 3.63) is 48.6 Å². The molecule has 3 atom stereocenters. The van der Waals surface area contributed by atoms with E-state index in [0.29, 0.717) is 18.2 Å². The fraction of sp³-hybridized carbons (Fsp3) is 0.846. The summed E-state index contributed by atoms with van der Waals surface area (Å²) in [5.74, 6) is -0.318. The van der Waals surface area contributed by atoms with E-state index >= 15 is 0 Å². The third kappa shape index (κ3) is 26.5. The predicted molar refractivity (Wildman–Crippen MR) is 244 cm³/mol. The van der Waals surface area contributed by atoms with Gasteiger partial charge in [0.1, 0.15) is 0 Å². The maximum Gasteiger partial charge on any atom is 0.169 e. The van der Waals surface area contributed by atoms with Crippen LogP contribution < -0.4 is 0 Å². The number of hydrogen-bond donors (Lipinski definition) is 0. The lowest BCUT2D eigenvalue weighted by Gasteiger charge is -2.32. The molecule has 55 heavy (non-hydrogen) atoms. The van der Waals surface area contributed by atoms with Gasteiger partial charge in [-0.05, 0) is 110 Å². The van der Waals surface area contributed by atoms with Crippen LogP contribution in [-0.4, -0.2) is 42.5 Å². The molecule has 0 N–H and O–H groups in total. The smallest absolute Gasteiger partial charge is 0.169 e. The number of ether oxygens (including phenoxy) is 2. The van der Waals surface area contributed by atoms with Crippen molar-refractivity contribution in [3.8, 4) is 0 Å². The first-order chi connectivity index (χ1) is 27.1. The zero-order valence-electron chi connectivity index (χ0n) is 37.6. The van der Waals surface area contributed by atoms with Gasteiger partial charge in [0.05, 0.1) is 12.2 Å². The Morgan fingerprint density at radius 3 is 1.16 bits per heavy atom. The van der Waals surface area contributed by atoms with Gasteiger partial charge in [0.15, 0.2) is 5.79 Å². The molecule has 1 unspecified atom stereocenters. The number of unbranched alkanes of at least 4 members (excludes halogenated alkanes) is 24. The second kappa shape index (κ2) is 36.0. The highest BCUT2D eigenvalue weighted by atomic mass is 16.8. The summed E-state index contributed by atoms with van der Waals surface area (Å²) in [6, 6.07) is 0.622. The van der Waals surface area contributed by atoms with Crippen LogP contribution in [0.1, 0.15) is 245 Å². The standard InChI is InChI=1S/C52H95NO2/c1-5-8-11-14-17-19-21-23-25-27-29-31-33-35-38-41-44-52(45-42-39-36-34-32-30-28-26-24-22-20-18-15-12-9-6-2)54-50-47-49(48-51(50)55-52)53(4)46-43-40-37-16-13-10-7-3/h17-20,23-26,49-51H,5-16,21-22,27-48H2,1-4H3/b19-17-,20-18-,25-23-,26-24-/t49?,50-,51+. The Hall–Kier alpha value is -1.16. The molecule has 1 heterocycles. The van der Waals surface area contributed by atoms with E-state index in [1.165, 1.54) is 193 Å². The highest BCUT2D eigenvalue weighted by Gasteiger charge is 2.51. The molecule has 1 aliphatic carbocycles. The lowest BCUT2D eigenvalue weighted by Crippen LogP contribution is -2.36. The normalized spacial score (nSPS) is 19.8. The molecule has 2 fully saturated rings. The highest BCUT2D eigenvalue weighted by Crippen LogP contribution is 2.44. The molecule has 1 saturated heterocycles. The monoisotopic (exact) mass is 766 g/mol. The minimum Gasteiger partial charge on any atom is -0.344 e. The minimum atomic E-state index is -0.318. The summed E-state index contributed by atoms with van der Waals surface area (Å²) in [5, 5.41) is 0. The Kier molecular flexibility index (Phi) is 32.7. The van der Waals surface area contributed by atoms with Crippen LogP contribution in [0.2, 0.25) is 0 Å². The first kappa shape index (κ1) is 50.0. The average Bonchev–Trinajstić information content (AvgIpc) is 3.74. The van der Waals surface area contributed by atoms with Crippen molar-refractivity contribution in [1.82, 2.24) is 4.90 Å². The first-order valence-electron chi connectivity index (χ1n) is 24.8. The number of hydrogen-bond acceptors (Lipinski definition) is 3. The van der Waals surface area contributed by atoms with Crippen molar-refractivity contribution in [3.63, 3.8) is 0 Å². The molecule has 1 saturated carbocycles. The van der Waals surface area contributed by atoms with Crippen LogP contribution in [0.4, 0.5) is 0 Å². The molecule has 0 spiro atoms. The molecule has 0 aromatic carbocycles. The maximum absolute atomic E-state index is 7.01. The minimum absolute atomic E-state index is 0.302. The van der Waals surface area contributed by atoms with Gasteiger partial charge in [0.25, 0.3) is 0 Å². The van der Waals surface area contributed by atoms with Gasteiger partial charge < -0.3 is 14.4 Å². The summed E-state index contributed by atoms with van der Waals surface area (Å²) < 4.78 is 14.0. The second-order valence-corrected chi connectivity index (χ2v) is 17.6. The fourth-order valence-electron chi connectivity index (χ4n) is 8.75. The summed E-state index contributed by atoms with van der Waals surface area (Å²) in [4.78, 5) is 2.63. The van der Waals surface area contributed by atoms with Crippen LogP contribution in [0.5, 0.6) is 0 Å². The second-order valence-electron chi connectivity index (χ2n) is 17.6. The Morgan fingerprint density at radius 1 is 0.418 bits per heavy atom. The van der Waals surface area contributed by atoms with Gasteiger partial charge in [0, 0.05) is 18.9 Å². The summed E-state index contributed by atoms with van der Waals surface area (Å²) >= 11 is 0. The molecule has 320 valence electrons. The fourth-order valence-corrected chi connectivity index (χ4v) is 8.75. The third-order valence-electron chi connectivity index (χ3n) is 12.4. The highest BCUT2D eigenvalue weighted by molar-refractivity contribution is 4.97. The lowest BCUT2D eigenvalue weighted by molar-refractivity contribution is -0.193. The summed E-state index contributed by atoms with van der Waals surface area (Å²) in [7, 11) is 2.35. The van der Waals surface area contributed by atoms with Gasteiger partial charge in [-0.25, -0.2) is 0 Å². The molecular weight excluding hydrogens is 671 g/mol. The molecule has 2 aliphatic rings. The van der Waals surface area contributed by atoms with E-state index in [-0.39, 0.29) is 5.79 Å². The van der Waals surface area contributed by atoms with E-state index in [0.717, 1.165) is 38.5 Å². The summed E-state index contributed by atoms with van der Waals surface area (Å²) in [6.45, 7) is 8.08. The van der Waals surface area contributed by atoms with Crippen LogP contribution in [-0.2, 0) is 9.47 Å². The molecule has 0 bridgehead atoms. The largest absolute Gasteiger partial charge is 0.344 e. The summed E-state index contributed by atoms with van der Waals surface area (Å²) in [6.07, 6.45) is 64.9. The number of allylic oxidation sites excluding steroid dienone is 8. The van der Waals surface area contributed by atoms with Crippen LogP contribution in [0.15, 0.2) is 48.6 Å². The molecule has 0 aromatic heterocycles. The van der Waals surface area contributed by atoms with E-state index in [1.54, 1.807) is 0 Å². The van der Waals surface area contributed by atoms with Crippen molar-refractivity contribution in [2.75, 3.05) is 13.6 Å².